The van der Waals surface area contributed by atoms with Crippen LogP contribution >= 0.6 is 22.7 Å². The molecule has 4 rings (SSSR count). The highest BCUT2D eigenvalue weighted by Gasteiger charge is 2.32. The Hall–Kier alpha value is -3.04. The molecule has 0 spiro atoms. The van der Waals surface area contributed by atoms with Crippen LogP contribution in [-0.2, 0) is 16.0 Å². The Morgan fingerprint density at radius 1 is 1.09 bits per heavy atom. The second-order valence-electron chi connectivity index (χ2n) is 8.08. The highest BCUT2D eigenvalue weighted by atomic mass is 32.1. The number of carbonyl (C=O) groups is 3. The van der Waals surface area contributed by atoms with Gasteiger partial charge in [0.1, 0.15) is 6.04 Å². The summed E-state index contributed by atoms with van der Waals surface area (Å²) in [7, 11) is 0. The number of thiazole rings is 1. The number of thiophene rings is 1. The van der Waals surface area contributed by atoms with Crippen LogP contribution in [0.3, 0.4) is 0 Å². The molecule has 3 aromatic rings. The largest absolute Gasteiger partial charge is 0.341 e. The van der Waals surface area contributed by atoms with Crippen molar-refractivity contribution in [1.29, 1.82) is 0 Å². The molecule has 0 saturated carbocycles. The Labute approximate surface area is 200 Å². The second kappa shape index (κ2) is 10.7. The average Bonchev–Trinajstić information content (AvgIpc) is 3.51. The third-order valence-corrected chi connectivity index (χ3v) is 7.40. The predicted octanol–water partition coefficient (Wildman–Crippen LogP) is 3.73. The topological polar surface area (TPSA) is 91.4 Å². The van der Waals surface area contributed by atoms with Gasteiger partial charge in [-0.1, -0.05) is 36.4 Å². The van der Waals surface area contributed by atoms with Crippen LogP contribution in [0.15, 0.2) is 53.2 Å². The number of aryl methyl sites for hydroxylation is 1. The summed E-state index contributed by atoms with van der Waals surface area (Å²) in [4.78, 5) is 45.3. The third-order valence-electron chi connectivity index (χ3n) is 5.66. The first-order valence-electron chi connectivity index (χ1n) is 10.9. The van der Waals surface area contributed by atoms with Crippen molar-refractivity contribution in [2.45, 2.75) is 32.2 Å². The minimum atomic E-state index is -0.661. The number of amides is 3. The van der Waals surface area contributed by atoms with Gasteiger partial charge in [0.25, 0.3) is 5.91 Å². The van der Waals surface area contributed by atoms with Crippen molar-refractivity contribution in [2.75, 3.05) is 18.4 Å². The predicted molar refractivity (Wildman–Crippen MR) is 131 cm³/mol. The van der Waals surface area contributed by atoms with E-state index in [-0.39, 0.29) is 23.6 Å². The van der Waals surface area contributed by atoms with Crippen molar-refractivity contribution < 1.29 is 14.4 Å². The molecule has 3 heterocycles. The molecular weight excluding hydrogens is 456 g/mol. The molecule has 1 saturated heterocycles. The lowest BCUT2D eigenvalue weighted by molar-refractivity contribution is -0.136. The molecular formula is C24H26N4O3S2. The van der Waals surface area contributed by atoms with Crippen molar-refractivity contribution >= 4 is 45.5 Å². The number of hydrogen-bond acceptors (Lipinski definition) is 6. The summed E-state index contributed by atoms with van der Waals surface area (Å²) >= 11 is 2.76. The summed E-state index contributed by atoms with van der Waals surface area (Å²) in [5, 5.41) is 10.2. The van der Waals surface area contributed by atoms with Crippen molar-refractivity contribution in [2.24, 2.45) is 5.92 Å². The van der Waals surface area contributed by atoms with Gasteiger partial charge >= 0.3 is 0 Å². The molecule has 9 heteroatoms. The summed E-state index contributed by atoms with van der Waals surface area (Å²) < 4.78 is 0. The normalized spacial score (nSPS) is 15.1. The van der Waals surface area contributed by atoms with E-state index in [2.05, 4.69) is 15.6 Å². The molecule has 2 aromatic heterocycles. The summed E-state index contributed by atoms with van der Waals surface area (Å²) in [5.41, 5.74) is 1.86. The maximum atomic E-state index is 13.4. The quantitative estimate of drug-likeness (QED) is 0.537. The van der Waals surface area contributed by atoms with Crippen LogP contribution in [0, 0.1) is 12.8 Å². The van der Waals surface area contributed by atoms with Gasteiger partial charge < -0.3 is 15.5 Å². The molecule has 1 aromatic carbocycles. The number of piperidine rings is 1. The number of benzene rings is 1. The molecule has 2 N–H and O–H groups in total. The summed E-state index contributed by atoms with van der Waals surface area (Å²) in [6.45, 7) is 2.85. The monoisotopic (exact) mass is 482 g/mol. The lowest BCUT2D eigenvalue weighted by Crippen LogP contribution is -2.52. The van der Waals surface area contributed by atoms with E-state index in [4.69, 9.17) is 0 Å². The number of carbonyl (C=O) groups excluding carboxylic acids is 3. The van der Waals surface area contributed by atoms with Crippen LogP contribution in [0.25, 0.3) is 0 Å². The van der Waals surface area contributed by atoms with Gasteiger partial charge in [0.15, 0.2) is 5.13 Å². The molecule has 1 unspecified atom stereocenters. The van der Waals surface area contributed by atoms with E-state index in [0.717, 1.165) is 11.3 Å². The van der Waals surface area contributed by atoms with Gasteiger partial charge in [-0.05, 0) is 36.8 Å². The maximum absolute atomic E-state index is 13.4. The van der Waals surface area contributed by atoms with Crippen LogP contribution < -0.4 is 10.6 Å². The highest BCUT2D eigenvalue weighted by molar-refractivity contribution is 7.14. The Morgan fingerprint density at radius 2 is 1.85 bits per heavy atom. The van der Waals surface area contributed by atoms with Crippen LogP contribution in [-0.4, -0.2) is 46.7 Å². The van der Waals surface area contributed by atoms with E-state index >= 15 is 0 Å². The van der Waals surface area contributed by atoms with Crippen LogP contribution in [0.2, 0.25) is 0 Å². The first-order valence-corrected chi connectivity index (χ1v) is 12.7. The van der Waals surface area contributed by atoms with Gasteiger partial charge in [0.2, 0.25) is 11.8 Å². The molecule has 0 bridgehead atoms. The zero-order valence-electron chi connectivity index (χ0n) is 18.3. The SMILES string of the molecule is Cc1csc(NC(=O)C2CCN(C(=O)C(Cc3ccccc3)NC(=O)c3cccs3)CC2)n1. The zero-order chi connectivity index (χ0) is 23.2. The van der Waals surface area contributed by atoms with Crippen molar-refractivity contribution in [3.63, 3.8) is 0 Å². The molecule has 33 heavy (non-hydrogen) atoms. The van der Waals surface area contributed by atoms with E-state index < -0.39 is 6.04 Å². The summed E-state index contributed by atoms with van der Waals surface area (Å²) in [6, 6.07) is 12.6. The number of hydrogen-bond donors (Lipinski definition) is 2. The summed E-state index contributed by atoms with van der Waals surface area (Å²) in [5.74, 6) is -0.569. The molecule has 0 aliphatic carbocycles. The fraction of sp³-hybridized carbons (Fsp3) is 0.333. The first kappa shape index (κ1) is 23.1. The lowest BCUT2D eigenvalue weighted by Gasteiger charge is -2.34. The molecule has 172 valence electrons. The number of rotatable bonds is 7. The van der Waals surface area contributed by atoms with Crippen molar-refractivity contribution in [1.82, 2.24) is 15.2 Å². The molecule has 1 aliphatic rings. The van der Waals surface area contributed by atoms with Gasteiger partial charge in [-0.15, -0.1) is 22.7 Å². The fourth-order valence-corrected chi connectivity index (χ4v) is 5.21. The Kier molecular flexibility index (Phi) is 7.51. The Morgan fingerprint density at radius 3 is 2.48 bits per heavy atom. The molecule has 0 radical (unpaired) electrons. The Balaban J connectivity index is 1.38. The molecule has 1 fully saturated rings. The van der Waals surface area contributed by atoms with Gasteiger partial charge in [0.05, 0.1) is 10.6 Å². The van der Waals surface area contributed by atoms with Crippen LogP contribution in [0.1, 0.15) is 33.8 Å². The van der Waals surface area contributed by atoms with Crippen molar-refractivity contribution in [3.05, 3.63) is 69.4 Å². The highest BCUT2D eigenvalue weighted by Crippen LogP contribution is 2.22. The smallest absolute Gasteiger partial charge is 0.262 e. The van der Waals surface area contributed by atoms with Crippen molar-refractivity contribution in [3.8, 4) is 0 Å². The fourth-order valence-electron chi connectivity index (χ4n) is 3.89. The number of nitrogens with one attached hydrogen (secondary N) is 2. The van der Waals surface area contributed by atoms with Gasteiger partial charge in [-0.25, -0.2) is 4.98 Å². The zero-order valence-corrected chi connectivity index (χ0v) is 20.0. The number of likely N-dealkylation sites (tertiary alicyclic amines) is 1. The minimum absolute atomic E-state index is 0.0525. The van der Waals surface area contributed by atoms with E-state index in [1.807, 2.05) is 54.1 Å². The number of aromatic nitrogens is 1. The number of nitrogens with zero attached hydrogens (tertiary/aromatic N) is 2. The van der Waals surface area contributed by atoms with E-state index in [9.17, 15) is 14.4 Å². The lowest BCUT2D eigenvalue weighted by atomic mass is 9.95. The minimum Gasteiger partial charge on any atom is -0.341 e. The van der Waals surface area contributed by atoms with Crippen LogP contribution in [0.4, 0.5) is 5.13 Å². The van der Waals surface area contributed by atoms with E-state index in [1.54, 1.807) is 11.0 Å². The summed E-state index contributed by atoms with van der Waals surface area (Å²) in [6.07, 6.45) is 1.58. The first-order chi connectivity index (χ1) is 16.0. The van der Waals surface area contributed by atoms with E-state index in [0.29, 0.717) is 42.4 Å². The van der Waals surface area contributed by atoms with Gasteiger partial charge in [0, 0.05) is 30.8 Å². The molecule has 1 aliphatic heterocycles. The second-order valence-corrected chi connectivity index (χ2v) is 9.88. The molecule has 3 amide bonds. The number of anilines is 1. The van der Waals surface area contributed by atoms with Gasteiger partial charge in [-0.2, -0.15) is 0 Å². The van der Waals surface area contributed by atoms with E-state index in [1.165, 1.54) is 22.7 Å². The van der Waals surface area contributed by atoms with Crippen LogP contribution in [0.5, 0.6) is 0 Å². The molecule has 1 atom stereocenters. The molecule has 7 nitrogen and oxygen atoms in total. The Bertz CT molecular complexity index is 1090. The maximum Gasteiger partial charge on any atom is 0.262 e. The average molecular weight is 483 g/mol. The van der Waals surface area contributed by atoms with Gasteiger partial charge in [-0.3, -0.25) is 14.4 Å². The standard InChI is InChI=1S/C24H26N4O3S2/c1-16-15-33-24(25-16)27-21(29)18-9-11-28(12-10-18)23(31)19(14-17-6-3-2-4-7-17)26-22(30)20-8-5-13-32-20/h2-8,13,15,18-19H,9-12,14H2,1H3,(H,26,30)(H,25,27,29). The third kappa shape index (κ3) is 6.06.